The Labute approximate surface area is 184 Å². The van der Waals surface area contributed by atoms with Crippen LogP contribution < -0.4 is 4.74 Å². The zero-order chi connectivity index (χ0) is 22.0. The molecule has 6 heteroatoms. The van der Waals surface area contributed by atoms with E-state index in [0.717, 1.165) is 41.7 Å². The maximum Gasteiger partial charge on any atom is 0.332 e. The minimum atomic E-state index is -0.337. The minimum Gasteiger partial charge on any atom is -0.497 e. The fourth-order valence-corrected chi connectivity index (χ4v) is 5.08. The summed E-state index contributed by atoms with van der Waals surface area (Å²) in [5.41, 5.74) is 1.92. The van der Waals surface area contributed by atoms with E-state index in [9.17, 15) is 4.79 Å². The summed E-state index contributed by atoms with van der Waals surface area (Å²) in [6.45, 7) is 9.69. The third-order valence-corrected chi connectivity index (χ3v) is 6.54. The molecule has 3 aliphatic rings. The van der Waals surface area contributed by atoms with E-state index in [1.807, 2.05) is 44.3 Å². The van der Waals surface area contributed by atoms with Crippen molar-refractivity contribution >= 4 is 16.9 Å². The topological polar surface area (TPSA) is 60.9 Å². The molecule has 5 rings (SSSR count). The molecule has 6 nitrogen and oxygen atoms in total. The molecule has 4 unspecified atom stereocenters. The molecule has 0 radical (unpaired) electrons. The SMILES string of the molecule is C=CC1CN2CCC1CC2[C@@H](OCC(=O)OC(C)C)c1ccnc2ccc(OC)cc12. The Morgan fingerprint density at radius 1 is 1.35 bits per heavy atom. The summed E-state index contributed by atoms with van der Waals surface area (Å²) in [5, 5.41) is 0.993. The normalized spacial score (nSPS) is 26.1. The van der Waals surface area contributed by atoms with Gasteiger partial charge in [-0.2, -0.15) is 0 Å². The lowest BCUT2D eigenvalue weighted by Gasteiger charge is -2.51. The molecule has 1 aromatic heterocycles. The molecule has 3 aliphatic heterocycles. The molecule has 0 saturated carbocycles. The smallest absolute Gasteiger partial charge is 0.332 e. The first-order chi connectivity index (χ1) is 15.0. The van der Waals surface area contributed by atoms with Crippen LogP contribution in [0.15, 0.2) is 43.1 Å². The van der Waals surface area contributed by atoms with Crippen molar-refractivity contribution in [3.05, 3.63) is 48.7 Å². The average molecular weight is 425 g/mol. The standard InChI is InChI=1S/C25H32N2O4/c1-5-17-14-27-11-9-18(17)12-23(27)25(30-15-24(28)31-16(2)3)20-8-10-26-22-7-6-19(29-4)13-21(20)22/h5-8,10,13,16-18,23,25H,1,9,11-12,14-15H2,2-4H3/t17?,18?,23?,25-/m0/s1. The summed E-state index contributed by atoms with van der Waals surface area (Å²) < 4.78 is 17.1. The summed E-state index contributed by atoms with van der Waals surface area (Å²) in [5.74, 6) is 1.56. The number of hydrogen-bond acceptors (Lipinski definition) is 6. The van der Waals surface area contributed by atoms with Gasteiger partial charge < -0.3 is 14.2 Å². The van der Waals surface area contributed by atoms with Crippen molar-refractivity contribution in [2.24, 2.45) is 11.8 Å². The van der Waals surface area contributed by atoms with Crippen molar-refractivity contribution in [1.82, 2.24) is 9.88 Å². The molecule has 2 bridgehead atoms. The predicted molar refractivity (Wildman–Crippen MR) is 120 cm³/mol. The van der Waals surface area contributed by atoms with Gasteiger partial charge in [-0.25, -0.2) is 4.79 Å². The molecule has 5 atom stereocenters. The lowest BCUT2D eigenvalue weighted by molar-refractivity contribution is -0.158. The highest BCUT2D eigenvalue weighted by atomic mass is 16.6. The fraction of sp³-hybridized carbons (Fsp3) is 0.520. The van der Waals surface area contributed by atoms with Crippen molar-refractivity contribution in [2.45, 2.75) is 44.9 Å². The molecule has 0 N–H and O–H groups in total. The molecule has 3 saturated heterocycles. The minimum absolute atomic E-state index is 0.0729. The van der Waals surface area contributed by atoms with Crippen LogP contribution in [0.2, 0.25) is 0 Å². The molecule has 0 amide bonds. The Hall–Kier alpha value is -2.44. The highest BCUT2D eigenvalue weighted by molar-refractivity contribution is 5.84. The van der Waals surface area contributed by atoms with Crippen molar-refractivity contribution in [3.63, 3.8) is 0 Å². The number of carbonyl (C=O) groups excluding carboxylic acids is 1. The number of hydrogen-bond donors (Lipinski definition) is 0. The van der Waals surface area contributed by atoms with E-state index in [1.165, 1.54) is 6.42 Å². The summed E-state index contributed by atoms with van der Waals surface area (Å²) >= 11 is 0. The van der Waals surface area contributed by atoms with Gasteiger partial charge >= 0.3 is 5.97 Å². The summed E-state index contributed by atoms with van der Waals surface area (Å²) in [7, 11) is 1.66. The van der Waals surface area contributed by atoms with Gasteiger partial charge in [-0.15, -0.1) is 6.58 Å². The number of fused-ring (bicyclic) bond motifs is 4. The van der Waals surface area contributed by atoms with Crippen LogP contribution in [0.5, 0.6) is 5.75 Å². The van der Waals surface area contributed by atoms with Crippen molar-refractivity contribution < 1.29 is 19.0 Å². The van der Waals surface area contributed by atoms with Crippen molar-refractivity contribution in [2.75, 3.05) is 26.8 Å². The van der Waals surface area contributed by atoms with Gasteiger partial charge in [0, 0.05) is 24.2 Å². The zero-order valence-electron chi connectivity index (χ0n) is 18.6. The van der Waals surface area contributed by atoms with Crippen LogP contribution in [-0.2, 0) is 14.3 Å². The lowest BCUT2D eigenvalue weighted by Crippen LogP contribution is -2.55. The van der Waals surface area contributed by atoms with Gasteiger partial charge in [0.2, 0.25) is 0 Å². The zero-order valence-corrected chi connectivity index (χ0v) is 18.6. The molecule has 31 heavy (non-hydrogen) atoms. The van der Waals surface area contributed by atoms with Crippen LogP contribution in [0.3, 0.4) is 0 Å². The largest absolute Gasteiger partial charge is 0.497 e. The van der Waals surface area contributed by atoms with Crippen molar-refractivity contribution in [1.29, 1.82) is 0 Å². The van der Waals surface area contributed by atoms with E-state index in [-0.39, 0.29) is 30.8 Å². The van der Waals surface area contributed by atoms with Crippen molar-refractivity contribution in [3.8, 4) is 5.75 Å². The Bertz CT molecular complexity index is 944. The summed E-state index contributed by atoms with van der Waals surface area (Å²) in [6.07, 6.45) is 5.69. The van der Waals surface area contributed by atoms with E-state index in [0.29, 0.717) is 11.8 Å². The average Bonchev–Trinajstić information content (AvgIpc) is 2.78. The molecule has 2 aromatic rings. The third kappa shape index (κ3) is 4.60. The predicted octanol–water partition coefficient (Wildman–Crippen LogP) is 4.15. The monoisotopic (exact) mass is 424 g/mol. The van der Waals surface area contributed by atoms with Gasteiger partial charge in [0.1, 0.15) is 12.4 Å². The Morgan fingerprint density at radius 2 is 2.19 bits per heavy atom. The van der Waals surface area contributed by atoms with E-state index < -0.39 is 0 Å². The molecule has 0 spiro atoms. The summed E-state index contributed by atoms with van der Waals surface area (Å²) in [6, 6.07) is 8.08. The van der Waals surface area contributed by atoms with E-state index >= 15 is 0 Å². The van der Waals surface area contributed by atoms with Crippen LogP contribution >= 0.6 is 0 Å². The fourth-order valence-electron chi connectivity index (χ4n) is 5.08. The second-order valence-corrected chi connectivity index (χ2v) is 8.80. The van der Waals surface area contributed by atoms with Gasteiger partial charge in [0.15, 0.2) is 0 Å². The Kier molecular flexibility index (Phi) is 6.58. The molecular formula is C25H32N2O4. The van der Waals surface area contributed by atoms with E-state index in [2.05, 4.69) is 22.5 Å². The maximum absolute atomic E-state index is 12.3. The first kappa shape index (κ1) is 21.8. The maximum atomic E-state index is 12.3. The Balaban J connectivity index is 1.69. The second-order valence-electron chi connectivity index (χ2n) is 8.80. The van der Waals surface area contributed by atoms with Gasteiger partial charge in [-0.3, -0.25) is 9.88 Å². The Morgan fingerprint density at radius 3 is 2.87 bits per heavy atom. The van der Waals surface area contributed by atoms with Gasteiger partial charge in [0.25, 0.3) is 0 Å². The number of ether oxygens (including phenoxy) is 3. The number of carbonyl (C=O) groups is 1. The summed E-state index contributed by atoms with van der Waals surface area (Å²) in [4.78, 5) is 19.3. The molecule has 4 heterocycles. The lowest BCUT2D eigenvalue weighted by atomic mass is 9.73. The van der Waals surface area contributed by atoms with E-state index in [4.69, 9.17) is 14.2 Å². The molecule has 0 aliphatic carbocycles. The van der Waals surface area contributed by atoms with Gasteiger partial charge in [0.05, 0.1) is 24.8 Å². The van der Waals surface area contributed by atoms with Gasteiger partial charge in [-0.1, -0.05) is 6.08 Å². The highest BCUT2D eigenvalue weighted by Crippen LogP contribution is 2.43. The van der Waals surface area contributed by atoms with Crippen LogP contribution in [0.4, 0.5) is 0 Å². The molecular weight excluding hydrogens is 392 g/mol. The van der Waals surface area contributed by atoms with Crippen LogP contribution in [-0.4, -0.2) is 54.8 Å². The number of methoxy groups -OCH3 is 1. The van der Waals surface area contributed by atoms with Gasteiger partial charge in [-0.05, 0) is 74.9 Å². The first-order valence-corrected chi connectivity index (χ1v) is 11.1. The number of rotatable bonds is 8. The highest BCUT2D eigenvalue weighted by Gasteiger charge is 2.43. The number of benzene rings is 1. The second kappa shape index (κ2) is 9.37. The molecule has 166 valence electrons. The van der Waals surface area contributed by atoms with Crippen LogP contribution in [0, 0.1) is 11.8 Å². The quantitative estimate of drug-likeness (QED) is 0.469. The number of aromatic nitrogens is 1. The molecule has 3 fully saturated rings. The number of piperidine rings is 3. The first-order valence-electron chi connectivity index (χ1n) is 11.1. The van der Waals surface area contributed by atoms with Crippen LogP contribution in [0.25, 0.3) is 10.9 Å². The number of pyridine rings is 1. The number of nitrogens with zero attached hydrogens (tertiary/aromatic N) is 2. The van der Waals surface area contributed by atoms with Crippen LogP contribution in [0.1, 0.15) is 38.4 Å². The molecule has 1 aromatic carbocycles. The van der Waals surface area contributed by atoms with E-state index in [1.54, 1.807) is 7.11 Å². The number of esters is 1. The third-order valence-electron chi connectivity index (χ3n) is 6.54.